The Bertz CT molecular complexity index is 1070. The molecule has 3 heterocycles. The van der Waals surface area contributed by atoms with E-state index < -0.39 is 0 Å². The van der Waals surface area contributed by atoms with Crippen LogP contribution in [-0.2, 0) is 4.74 Å². The van der Waals surface area contributed by atoms with Gasteiger partial charge in [0.05, 0.1) is 11.9 Å². The third-order valence-electron chi connectivity index (χ3n) is 5.31. The van der Waals surface area contributed by atoms with E-state index in [9.17, 15) is 4.79 Å². The molecule has 1 N–H and O–H groups in total. The zero-order chi connectivity index (χ0) is 20.6. The lowest BCUT2D eigenvalue weighted by molar-refractivity contribution is -0.00307. The fourth-order valence-corrected chi connectivity index (χ4v) is 3.98. The molecule has 1 aliphatic rings. The van der Waals surface area contributed by atoms with Gasteiger partial charge in [-0.2, -0.15) is 5.10 Å². The maximum Gasteiger partial charge on any atom is 0.251 e. The first-order valence-electron chi connectivity index (χ1n) is 10.1. The molecule has 6 nitrogen and oxygen atoms in total. The van der Waals surface area contributed by atoms with Crippen LogP contribution in [0.1, 0.15) is 45.2 Å². The predicted molar refractivity (Wildman–Crippen MR) is 115 cm³/mol. The van der Waals surface area contributed by atoms with E-state index in [0.29, 0.717) is 0 Å². The Labute approximate surface area is 170 Å². The van der Waals surface area contributed by atoms with Crippen LogP contribution in [0.15, 0.2) is 59.9 Å². The number of nitrogens with one attached hydrogen (secondary N) is 1. The van der Waals surface area contributed by atoms with E-state index >= 15 is 0 Å². The molecule has 0 bridgehead atoms. The molecule has 0 saturated carbocycles. The zero-order valence-corrected chi connectivity index (χ0v) is 17.3. The minimum absolute atomic E-state index is 0.0897. The molecule has 1 fully saturated rings. The van der Waals surface area contributed by atoms with Gasteiger partial charge in [-0.15, -0.1) is 0 Å². The summed E-state index contributed by atoms with van der Waals surface area (Å²) >= 11 is 0. The van der Waals surface area contributed by atoms with Crippen LogP contribution in [0.25, 0.3) is 16.8 Å². The Kier molecular flexibility index (Phi) is 4.94. The fraction of sp³-hybridized carbons (Fsp3) is 0.391. The van der Waals surface area contributed by atoms with Gasteiger partial charge < -0.3 is 14.6 Å². The number of piperidine rings is 1. The Hall–Kier alpha value is -3.02. The number of ether oxygens (including phenoxy) is 1. The summed E-state index contributed by atoms with van der Waals surface area (Å²) in [5.74, 6) is 0.986. The van der Waals surface area contributed by atoms with Crippen LogP contribution in [-0.4, -0.2) is 38.2 Å². The van der Waals surface area contributed by atoms with E-state index in [2.05, 4.69) is 21.6 Å². The number of nitrogens with zero attached hydrogens (tertiary/aromatic N) is 3. The molecular weight excluding hydrogens is 364 g/mol. The summed E-state index contributed by atoms with van der Waals surface area (Å²) in [6.45, 7) is 11.9. The largest absolute Gasteiger partial charge is 0.474 e. The van der Waals surface area contributed by atoms with Crippen molar-refractivity contribution >= 4 is 5.65 Å². The van der Waals surface area contributed by atoms with E-state index in [4.69, 9.17) is 4.74 Å². The first kappa shape index (κ1) is 19.3. The third-order valence-corrected chi connectivity index (χ3v) is 5.31. The van der Waals surface area contributed by atoms with Gasteiger partial charge in [-0.05, 0) is 45.8 Å². The lowest BCUT2D eigenvalue weighted by Gasteiger charge is -2.36. The maximum atomic E-state index is 12.4. The number of hydrogen-bond acceptors (Lipinski definition) is 4. The Morgan fingerprint density at radius 2 is 1.90 bits per heavy atom. The van der Waals surface area contributed by atoms with Gasteiger partial charge in [0, 0.05) is 30.6 Å². The minimum Gasteiger partial charge on any atom is -0.474 e. The summed E-state index contributed by atoms with van der Waals surface area (Å²) in [5.41, 5.74) is 3.35. The average molecular weight is 393 g/mol. The second-order valence-corrected chi connectivity index (χ2v) is 8.61. The lowest BCUT2D eigenvalue weighted by Crippen LogP contribution is -2.36. The SMILES string of the molecule is C=C(OC(C)(C)C)N1CCC(c2cc(=O)[nH]c3c(-c4ccccc4)cnn23)CC1. The summed E-state index contributed by atoms with van der Waals surface area (Å²) in [5, 5.41) is 4.60. The maximum absolute atomic E-state index is 12.4. The molecule has 4 rings (SSSR count). The Balaban J connectivity index is 1.59. The van der Waals surface area contributed by atoms with Gasteiger partial charge in [0.25, 0.3) is 5.56 Å². The number of aromatic nitrogens is 3. The Morgan fingerprint density at radius 1 is 1.21 bits per heavy atom. The van der Waals surface area contributed by atoms with Crippen LogP contribution in [0, 0.1) is 0 Å². The first-order valence-corrected chi connectivity index (χ1v) is 10.1. The number of H-pyrrole nitrogens is 1. The van der Waals surface area contributed by atoms with Gasteiger partial charge >= 0.3 is 0 Å². The monoisotopic (exact) mass is 392 g/mol. The molecule has 1 aliphatic heterocycles. The molecule has 0 spiro atoms. The normalized spacial score (nSPS) is 15.6. The van der Waals surface area contributed by atoms with Crippen molar-refractivity contribution in [3.05, 3.63) is 71.1 Å². The van der Waals surface area contributed by atoms with Crippen LogP contribution in [0.5, 0.6) is 0 Å². The van der Waals surface area contributed by atoms with Crippen LogP contribution >= 0.6 is 0 Å². The highest BCUT2D eigenvalue weighted by Crippen LogP contribution is 2.31. The van der Waals surface area contributed by atoms with Crippen LogP contribution < -0.4 is 5.56 Å². The average Bonchev–Trinajstić information content (AvgIpc) is 3.10. The number of fused-ring (bicyclic) bond motifs is 1. The molecular formula is C23H28N4O2. The molecule has 29 heavy (non-hydrogen) atoms. The van der Waals surface area contributed by atoms with E-state index in [1.54, 1.807) is 6.07 Å². The molecule has 0 radical (unpaired) electrons. The van der Waals surface area contributed by atoms with E-state index in [1.807, 2.05) is 61.8 Å². The molecule has 0 atom stereocenters. The van der Waals surface area contributed by atoms with Gasteiger partial charge in [0.15, 0.2) is 5.88 Å². The number of rotatable bonds is 4. The molecule has 0 amide bonds. The Morgan fingerprint density at radius 3 is 2.55 bits per heavy atom. The van der Waals surface area contributed by atoms with Crippen LogP contribution in [0.3, 0.4) is 0 Å². The summed E-state index contributed by atoms with van der Waals surface area (Å²) in [7, 11) is 0. The van der Waals surface area contributed by atoms with Crippen LogP contribution in [0.4, 0.5) is 0 Å². The molecule has 1 saturated heterocycles. The van der Waals surface area contributed by atoms with Crippen molar-refractivity contribution in [2.45, 2.75) is 45.1 Å². The van der Waals surface area contributed by atoms with E-state index in [0.717, 1.165) is 54.3 Å². The van der Waals surface area contributed by atoms with Gasteiger partial charge in [0.1, 0.15) is 11.2 Å². The van der Waals surface area contributed by atoms with Crippen LogP contribution in [0.2, 0.25) is 0 Å². The fourth-order valence-electron chi connectivity index (χ4n) is 3.98. The van der Waals surface area contributed by atoms with E-state index in [1.165, 1.54) is 0 Å². The van der Waals surface area contributed by atoms with Crippen molar-refractivity contribution in [2.24, 2.45) is 0 Å². The minimum atomic E-state index is -0.254. The van der Waals surface area contributed by atoms with Crippen molar-refractivity contribution in [3.63, 3.8) is 0 Å². The van der Waals surface area contributed by atoms with Crippen molar-refractivity contribution in [1.82, 2.24) is 19.5 Å². The molecule has 6 heteroatoms. The van der Waals surface area contributed by atoms with Crippen molar-refractivity contribution in [1.29, 1.82) is 0 Å². The quantitative estimate of drug-likeness (QED) is 0.678. The van der Waals surface area contributed by atoms with Gasteiger partial charge in [-0.25, -0.2) is 4.52 Å². The topological polar surface area (TPSA) is 62.6 Å². The lowest BCUT2D eigenvalue weighted by atomic mass is 9.93. The molecule has 152 valence electrons. The van der Waals surface area contributed by atoms with Crippen molar-refractivity contribution in [3.8, 4) is 11.1 Å². The van der Waals surface area contributed by atoms with Crippen molar-refractivity contribution < 1.29 is 4.74 Å². The second-order valence-electron chi connectivity index (χ2n) is 8.61. The number of aromatic amines is 1. The standard InChI is InChI=1S/C23H28N4O2/c1-16(29-23(2,3)4)26-12-10-18(11-13-26)20-14-21(28)25-22-19(15-24-27(20)22)17-8-6-5-7-9-17/h5-9,14-15,18H,1,10-13H2,2-4H3,(H,25,28). The summed E-state index contributed by atoms with van der Waals surface area (Å²) in [6.07, 6.45) is 3.68. The summed E-state index contributed by atoms with van der Waals surface area (Å²) in [6, 6.07) is 11.7. The highest BCUT2D eigenvalue weighted by molar-refractivity contribution is 5.76. The molecule has 3 aromatic rings. The number of hydrogen-bond donors (Lipinski definition) is 1. The molecule has 1 aromatic carbocycles. The van der Waals surface area contributed by atoms with E-state index in [-0.39, 0.29) is 17.1 Å². The molecule has 2 aromatic heterocycles. The van der Waals surface area contributed by atoms with Gasteiger partial charge in [0.2, 0.25) is 0 Å². The molecule has 0 aliphatic carbocycles. The van der Waals surface area contributed by atoms with Crippen molar-refractivity contribution in [2.75, 3.05) is 13.1 Å². The first-order chi connectivity index (χ1) is 13.8. The summed E-state index contributed by atoms with van der Waals surface area (Å²) in [4.78, 5) is 17.6. The zero-order valence-electron chi connectivity index (χ0n) is 17.3. The third kappa shape index (κ3) is 4.06. The smallest absolute Gasteiger partial charge is 0.251 e. The van der Waals surface area contributed by atoms with Gasteiger partial charge in [-0.3, -0.25) is 4.79 Å². The van der Waals surface area contributed by atoms with Gasteiger partial charge in [-0.1, -0.05) is 30.3 Å². The summed E-state index contributed by atoms with van der Waals surface area (Å²) < 4.78 is 7.81. The highest BCUT2D eigenvalue weighted by atomic mass is 16.5. The number of likely N-dealkylation sites (tertiary alicyclic amines) is 1. The molecule has 0 unspecified atom stereocenters. The second kappa shape index (κ2) is 7.43. The number of benzene rings is 1. The predicted octanol–water partition coefficient (Wildman–Crippen LogP) is 4.16. The highest BCUT2D eigenvalue weighted by Gasteiger charge is 2.26.